The van der Waals surface area contributed by atoms with E-state index in [-0.39, 0.29) is 0 Å². The van der Waals surface area contributed by atoms with Gasteiger partial charge < -0.3 is 10.1 Å². The van der Waals surface area contributed by atoms with Crippen LogP contribution in [0.4, 0.5) is 0 Å². The van der Waals surface area contributed by atoms with E-state index in [2.05, 4.69) is 27.3 Å². The highest BCUT2D eigenvalue weighted by molar-refractivity contribution is 5.11. The van der Waals surface area contributed by atoms with E-state index < -0.39 is 0 Å². The third kappa shape index (κ3) is 3.14. The summed E-state index contributed by atoms with van der Waals surface area (Å²) in [7, 11) is 0. The summed E-state index contributed by atoms with van der Waals surface area (Å²) in [4.78, 5) is 7.23. The summed E-state index contributed by atoms with van der Waals surface area (Å²) in [6.07, 6.45) is 4.24. The van der Waals surface area contributed by atoms with Gasteiger partial charge in [0.25, 0.3) is 0 Å². The van der Waals surface area contributed by atoms with Gasteiger partial charge in [0.2, 0.25) is 0 Å². The average Bonchev–Trinajstić information content (AvgIpc) is 2.51. The Morgan fingerprint density at radius 2 is 2.00 bits per heavy atom. The van der Waals surface area contributed by atoms with Crippen LogP contribution in [0.2, 0.25) is 0 Å². The SMILES string of the molecule is c1ccc([C@H](C2CCOCC2)N2CCNCC2)nc1. The second-order valence-corrected chi connectivity index (χ2v) is 5.44. The molecule has 2 fully saturated rings. The van der Waals surface area contributed by atoms with E-state index in [0.29, 0.717) is 12.0 Å². The lowest BCUT2D eigenvalue weighted by Gasteiger charge is -2.40. The van der Waals surface area contributed by atoms with Crippen molar-refractivity contribution in [3.8, 4) is 0 Å². The summed E-state index contributed by atoms with van der Waals surface area (Å²) in [6, 6.07) is 6.76. The maximum Gasteiger partial charge on any atom is 0.0578 e. The number of hydrogen-bond acceptors (Lipinski definition) is 4. The Bertz CT molecular complexity index is 354. The Hall–Kier alpha value is -0.970. The van der Waals surface area contributed by atoms with E-state index in [1.54, 1.807) is 0 Å². The maximum absolute atomic E-state index is 5.52. The summed E-state index contributed by atoms with van der Waals surface area (Å²) >= 11 is 0. The van der Waals surface area contributed by atoms with Gasteiger partial charge >= 0.3 is 0 Å². The molecule has 1 N–H and O–H groups in total. The molecular formula is C15H23N3O. The molecule has 0 aliphatic carbocycles. The summed E-state index contributed by atoms with van der Waals surface area (Å²) in [5.74, 6) is 0.682. The minimum absolute atomic E-state index is 0.465. The number of aromatic nitrogens is 1. The quantitative estimate of drug-likeness (QED) is 0.894. The molecule has 1 aromatic rings. The van der Waals surface area contributed by atoms with Crippen LogP contribution in [0, 0.1) is 5.92 Å². The predicted octanol–water partition coefficient (Wildman–Crippen LogP) is 1.45. The number of pyridine rings is 1. The van der Waals surface area contributed by atoms with Crippen molar-refractivity contribution in [2.75, 3.05) is 39.4 Å². The topological polar surface area (TPSA) is 37.4 Å². The molecule has 4 nitrogen and oxygen atoms in total. The standard InChI is InChI=1S/C15H23N3O/c1-2-6-17-14(3-1)15(13-4-11-19-12-5-13)18-9-7-16-8-10-18/h1-3,6,13,15-16H,4-5,7-12H2/t15-/m0/s1. The second kappa shape index (κ2) is 6.46. The Balaban J connectivity index is 1.81. The fourth-order valence-corrected chi connectivity index (χ4v) is 3.27. The monoisotopic (exact) mass is 261 g/mol. The molecule has 2 aliphatic heterocycles. The normalized spacial score (nSPS) is 24.2. The average molecular weight is 261 g/mol. The summed E-state index contributed by atoms with van der Waals surface area (Å²) in [6.45, 7) is 6.23. The Morgan fingerprint density at radius 3 is 2.68 bits per heavy atom. The molecule has 0 bridgehead atoms. The molecule has 0 saturated carbocycles. The van der Waals surface area contributed by atoms with Crippen molar-refractivity contribution in [3.05, 3.63) is 30.1 Å². The van der Waals surface area contributed by atoms with E-state index in [9.17, 15) is 0 Å². The van der Waals surface area contributed by atoms with Gasteiger partial charge in [0, 0.05) is 45.6 Å². The van der Waals surface area contributed by atoms with Gasteiger partial charge in [-0.2, -0.15) is 0 Å². The fourth-order valence-electron chi connectivity index (χ4n) is 3.27. The van der Waals surface area contributed by atoms with E-state index in [4.69, 9.17) is 4.74 Å². The molecule has 104 valence electrons. The van der Waals surface area contributed by atoms with Gasteiger partial charge in [-0.15, -0.1) is 0 Å². The first-order chi connectivity index (χ1) is 9.45. The van der Waals surface area contributed by atoms with Crippen LogP contribution in [0.15, 0.2) is 24.4 Å². The van der Waals surface area contributed by atoms with Crippen LogP contribution >= 0.6 is 0 Å². The van der Waals surface area contributed by atoms with Crippen molar-refractivity contribution in [2.24, 2.45) is 5.92 Å². The molecule has 1 aromatic heterocycles. The van der Waals surface area contributed by atoms with Gasteiger partial charge in [0.1, 0.15) is 0 Å². The van der Waals surface area contributed by atoms with Gasteiger partial charge in [-0.25, -0.2) is 0 Å². The molecule has 2 saturated heterocycles. The first kappa shape index (κ1) is 13.0. The molecule has 0 amide bonds. The zero-order valence-electron chi connectivity index (χ0n) is 11.4. The molecule has 4 heteroatoms. The van der Waals surface area contributed by atoms with Crippen LogP contribution in [0.3, 0.4) is 0 Å². The number of nitrogens with zero attached hydrogens (tertiary/aromatic N) is 2. The van der Waals surface area contributed by atoms with Crippen molar-refractivity contribution in [2.45, 2.75) is 18.9 Å². The van der Waals surface area contributed by atoms with Gasteiger partial charge in [0.05, 0.1) is 11.7 Å². The number of hydrogen-bond donors (Lipinski definition) is 1. The number of piperazine rings is 1. The van der Waals surface area contributed by atoms with E-state index in [0.717, 1.165) is 52.2 Å². The highest BCUT2D eigenvalue weighted by atomic mass is 16.5. The Kier molecular flexibility index (Phi) is 4.43. The summed E-state index contributed by atoms with van der Waals surface area (Å²) < 4.78 is 5.52. The molecule has 19 heavy (non-hydrogen) atoms. The van der Waals surface area contributed by atoms with Crippen LogP contribution in [0.25, 0.3) is 0 Å². The van der Waals surface area contributed by atoms with Crippen LogP contribution in [-0.2, 0) is 4.74 Å². The molecule has 0 spiro atoms. The molecular weight excluding hydrogens is 238 g/mol. The van der Waals surface area contributed by atoms with Gasteiger partial charge in [-0.1, -0.05) is 6.07 Å². The minimum Gasteiger partial charge on any atom is -0.381 e. The predicted molar refractivity (Wildman–Crippen MR) is 75.0 cm³/mol. The lowest BCUT2D eigenvalue weighted by Crippen LogP contribution is -2.47. The molecule has 0 unspecified atom stereocenters. The maximum atomic E-state index is 5.52. The van der Waals surface area contributed by atoms with Gasteiger partial charge in [-0.3, -0.25) is 9.88 Å². The summed E-state index contributed by atoms with van der Waals surface area (Å²) in [5, 5.41) is 3.44. The lowest BCUT2D eigenvalue weighted by atomic mass is 9.88. The zero-order chi connectivity index (χ0) is 12.9. The first-order valence-electron chi connectivity index (χ1n) is 7.38. The molecule has 3 rings (SSSR count). The summed E-state index contributed by atoms with van der Waals surface area (Å²) in [5.41, 5.74) is 1.23. The van der Waals surface area contributed by atoms with Crippen molar-refractivity contribution in [1.29, 1.82) is 0 Å². The van der Waals surface area contributed by atoms with Crippen molar-refractivity contribution >= 4 is 0 Å². The zero-order valence-corrected chi connectivity index (χ0v) is 11.4. The lowest BCUT2D eigenvalue weighted by molar-refractivity contribution is 0.0201. The van der Waals surface area contributed by atoms with E-state index in [1.165, 1.54) is 5.69 Å². The Morgan fingerprint density at radius 1 is 1.21 bits per heavy atom. The van der Waals surface area contributed by atoms with Crippen LogP contribution in [0.5, 0.6) is 0 Å². The molecule has 0 aromatic carbocycles. The molecule has 3 heterocycles. The third-order valence-electron chi connectivity index (χ3n) is 4.25. The molecule has 2 aliphatic rings. The minimum atomic E-state index is 0.465. The van der Waals surface area contributed by atoms with Crippen molar-refractivity contribution in [1.82, 2.24) is 15.2 Å². The largest absolute Gasteiger partial charge is 0.381 e. The van der Waals surface area contributed by atoms with Crippen molar-refractivity contribution < 1.29 is 4.74 Å². The van der Waals surface area contributed by atoms with Gasteiger partial charge in [0.15, 0.2) is 0 Å². The first-order valence-corrected chi connectivity index (χ1v) is 7.38. The highest BCUT2D eigenvalue weighted by Gasteiger charge is 2.31. The smallest absolute Gasteiger partial charge is 0.0578 e. The second-order valence-electron chi connectivity index (χ2n) is 5.44. The van der Waals surface area contributed by atoms with E-state index >= 15 is 0 Å². The highest BCUT2D eigenvalue weighted by Crippen LogP contribution is 2.34. The molecule has 0 radical (unpaired) electrons. The van der Waals surface area contributed by atoms with Crippen LogP contribution < -0.4 is 5.32 Å². The fraction of sp³-hybridized carbons (Fsp3) is 0.667. The van der Waals surface area contributed by atoms with Gasteiger partial charge in [-0.05, 0) is 30.9 Å². The number of nitrogens with one attached hydrogen (secondary N) is 1. The third-order valence-corrected chi connectivity index (χ3v) is 4.25. The van der Waals surface area contributed by atoms with Crippen LogP contribution in [-0.4, -0.2) is 49.3 Å². The number of ether oxygens (including phenoxy) is 1. The van der Waals surface area contributed by atoms with E-state index in [1.807, 2.05) is 12.3 Å². The van der Waals surface area contributed by atoms with Crippen molar-refractivity contribution in [3.63, 3.8) is 0 Å². The molecule has 1 atom stereocenters. The Labute approximate surface area is 115 Å². The van der Waals surface area contributed by atoms with Crippen LogP contribution in [0.1, 0.15) is 24.6 Å². The number of rotatable bonds is 3.